The number of nitrogens with one attached hydrogen (secondary N) is 2. The molecule has 0 saturated heterocycles. The first-order valence-corrected chi connectivity index (χ1v) is 6.71. The fourth-order valence-electron chi connectivity index (χ4n) is 2.29. The van der Waals surface area contributed by atoms with Crippen LogP contribution in [-0.4, -0.2) is 18.0 Å². The molecule has 0 atom stereocenters. The Balaban J connectivity index is 1.89. The summed E-state index contributed by atoms with van der Waals surface area (Å²) in [5, 5.41) is 3.88. The van der Waals surface area contributed by atoms with Gasteiger partial charge < -0.3 is 15.0 Å². The number of aryl methyl sites for hydroxylation is 1. The molecule has 3 rings (SSSR count). The van der Waals surface area contributed by atoms with E-state index in [1.54, 1.807) is 7.11 Å². The first-order valence-electron chi connectivity index (χ1n) is 6.71. The number of methoxy groups -OCH3 is 1. The Morgan fingerprint density at radius 3 is 2.71 bits per heavy atom. The predicted octanol–water partition coefficient (Wildman–Crippen LogP) is 3.74. The number of carbonyl (C=O) groups is 1. The van der Waals surface area contributed by atoms with E-state index in [0.29, 0.717) is 17.1 Å². The third kappa shape index (κ3) is 2.60. The van der Waals surface area contributed by atoms with Crippen LogP contribution in [0.1, 0.15) is 16.1 Å². The lowest BCUT2D eigenvalue weighted by Crippen LogP contribution is -2.13. The summed E-state index contributed by atoms with van der Waals surface area (Å²) in [4.78, 5) is 15.5. The van der Waals surface area contributed by atoms with Crippen molar-refractivity contribution in [3.05, 3.63) is 59.8 Å². The SMILES string of the molecule is COc1cc(C)ccc1NC(=O)c1cc2ccccc2[nH]1. The fraction of sp³-hybridized carbons (Fsp3) is 0.118. The Labute approximate surface area is 122 Å². The second-order valence-corrected chi connectivity index (χ2v) is 4.93. The molecule has 0 saturated carbocycles. The summed E-state index contributed by atoms with van der Waals surface area (Å²) in [6.07, 6.45) is 0. The van der Waals surface area contributed by atoms with Crippen LogP contribution in [0.4, 0.5) is 5.69 Å². The summed E-state index contributed by atoms with van der Waals surface area (Å²) in [5.74, 6) is 0.466. The third-order valence-corrected chi connectivity index (χ3v) is 3.38. The molecule has 0 unspecified atom stereocenters. The average molecular weight is 280 g/mol. The van der Waals surface area contributed by atoms with Gasteiger partial charge in [-0.15, -0.1) is 0 Å². The van der Waals surface area contributed by atoms with Crippen LogP contribution in [0.5, 0.6) is 5.75 Å². The molecule has 1 amide bonds. The highest BCUT2D eigenvalue weighted by molar-refractivity contribution is 6.06. The van der Waals surface area contributed by atoms with Crippen molar-refractivity contribution in [2.24, 2.45) is 0 Å². The normalized spacial score (nSPS) is 10.6. The van der Waals surface area contributed by atoms with Crippen molar-refractivity contribution in [1.82, 2.24) is 4.98 Å². The fourth-order valence-corrected chi connectivity index (χ4v) is 2.29. The number of anilines is 1. The van der Waals surface area contributed by atoms with Crippen molar-refractivity contribution in [3.8, 4) is 5.75 Å². The third-order valence-electron chi connectivity index (χ3n) is 3.38. The van der Waals surface area contributed by atoms with Gasteiger partial charge in [0.05, 0.1) is 12.8 Å². The highest BCUT2D eigenvalue weighted by atomic mass is 16.5. The van der Waals surface area contributed by atoms with Gasteiger partial charge in [-0.3, -0.25) is 4.79 Å². The predicted molar refractivity (Wildman–Crippen MR) is 84.0 cm³/mol. The smallest absolute Gasteiger partial charge is 0.272 e. The molecule has 21 heavy (non-hydrogen) atoms. The number of H-pyrrole nitrogens is 1. The molecule has 1 aromatic heterocycles. The molecule has 0 aliphatic rings. The lowest BCUT2D eigenvalue weighted by Gasteiger charge is -2.10. The first kappa shape index (κ1) is 13.2. The zero-order valence-electron chi connectivity index (χ0n) is 11.9. The van der Waals surface area contributed by atoms with E-state index in [9.17, 15) is 4.79 Å². The van der Waals surface area contributed by atoms with Crippen molar-refractivity contribution >= 4 is 22.5 Å². The Morgan fingerprint density at radius 2 is 1.95 bits per heavy atom. The Bertz CT molecular complexity index is 772. The minimum Gasteiger partial charge on any atom is -0.495 e. The number of para-hydroxylation sites is 1. The molecule has 0 fully saturated rings. The summed E-state index contributed by atoms with van der Waals surface area (Å²) in [6, 6.07) is 15.3. The molecule has 4 nitrogen and oxygen atoms in total. The highest BCUT2D eigenvalue weighted by Gasteiger charge is 2.12. The lowest BCUT2D eigenvalue weighted by atomic mass is 10.2. The topological polar surface area (TPSA) is 54.1 Å². The van der Waals surface area contributed by atoms with Crippen LogP contribution in [0.15, 0.2) is 48.5 Å². The van der Waals surface area contributed by atoms with Crippen molar-refractivity contribution in [2.45, 2.75) is 6.92 Å². The minimum absolute atomic E-state index is 0.187. The first-order chi connectivity index (χ1) is 10.2. The molecule has 106 valence electrons. The lowest BCUT2D eigenvalue weighted by molar-refractivity contribution is 0.102. The van der Waals surface area contributed by atoms with Gasteiger partial charge in [0.25, 0.3) is 5.91 Å². The second-order valence-electron chi connectivity index (χ2n) is 4.93. The number of benzene rings is 2. The van der Waals surface area contributed by atoms with Crippen LogP contribution in [0.25, 0.3) is 10.9 Å². The molecular weight excluding hydrogens is 264 g/mol. The second kappa shape index (κ2) is 5.32. The van der Waals surface area contributed by atoms with Crippen molar-refractivity contribution in [2.75, 3.05) is 12.4 Å². The number of ether oxygens (including phenoxy) is 1. The van der Waals surface area contributed by atoms with E-state index in [1.165, 1.54) is 0 Å². The molecule has 0 bridgehead atoms. The molecular formula is C17H16N2O2. The van der Waals surface area contributed by atoms with E-state index in [2.05, 4.69) is 10.3 Å². The molecule has 0 aliphatic carbocycles. The molecule has 2 aromatic carbocycles. The van der Waals surface area contributed by atoms with E-state index in [4.69, 9.17) is 4.74 Å². The van der Waals surface area contributed by atoms with Gasteiger partial charge in [-0.2, -0.15) is 0 Å². The number of amides is 1. The van der Waals surface area contributed by atoms with E-state index in [-0.39, 0.29) is 5.91 Å². The van der Waals surface area contributed by atoms with Gasteiger partial charge >= 0.3 is 0 Å². The van der Waals surface area contributed by atoms with E-state index in [1.807, 2.05) is 55.5 Å². The molecule has 2 N–H and O–H groups in total. The monoisotopic (exact) mass is 280 g/mol. The molecule has 0 radical (unpaired) electrons. The number of hydrogen-bond acceptors (Lipinski definition) is 2. The number of hydrogen-bond donors (Lipinski definition) is 2. The van der Waals surface area contributed by atoms with Crippen molar-refractivity contribution < 1.29 is 9.53 Å². The van der Waals surface area contributed by atoms with Gasteiger partial charge in [-0.05, 0) is 36.8 Å². The Morgan fingerprint density at radius 1 is 1.14 bits per heavy atom. The number of rotatable bonds is 3. The zero-order valence-corrected chi connectivity index (χ0v) is 11.9. The largest absolute Gasteiger partial charge is 0.495 e. The van der Waals surface area contributed by atoms with Crippen LogP contribution in [-0.2, 0) is 0 Å². The van der Waals surface area contributed by atoms with E-state index in [0.717, 1.165) is 16.5 Å². The zero-order chi connectivity index (χ0) is 14.8. The van der Waals surface area contributed by atoms with Crippen molar-refractivity contribution in [3.63, 3.8) is 0 Å². The minimum atomic E-state index is -0.187. The quantitative estimate of drug-likeness (QED) is 0.768. The summed E-state index contributed by atoms with van der Waals surface area (Å²) in [5.41, 5.74) is 3.21. The number of aromatic amines is 1. The number of carbonyl (C=O) groups excluding carboxylic acids is 1. The average Bonchev–Trinajstić information content (AvgIpc) is 2.93. The van der Waals surface area contributed by atoms with Gasteiger partial charge in [0.2, 0.25) is 0 Å². The molecule has 1 heterocycles. The van der Waals surface area contributed by atoms with Crippen LogP contribution in [0.3, 0.4) is 0 Å². The van der Waals surface area contributed by atoms with Crippen LogP contribution < -0.4 is 10.1 Å². The summed E-state index contributed by atoms with van der Waals surface area (Å²) in [7, 11) is 1.59. The number of fused-ring (bicyclic) bond motifs is 1. The Hall–Kier alpha value is -2.75. The molecule has 3 aromatic rings. The van der Waals surface area contributed by atoms with E-state index < -0.39 is 0 Å². The van der Waals surface area contributed by atoms with Crippen LogP contribution >= 0.6 is 0 Å². The molecule has 0 spiro atoms. The molecule has 0 aliphatic heterocycles. The Kier molecular flexibility index (Phi) is 3.36. The van der Waals surface area contributed by atoms with Gasteiger partial charge in [0.1, 0.15) is 11.4 Å². The highest BCUT2D eigenvalue weighted by Crippen LogP contribution is 2.26. The van der Waals surface area contributed by atoms with Crippen molar-refractivity contribution in [1.29, 1.82) is 0 Å². The van der Waals surface area contributed by atoms with Crippen LogP contribution in [0.2, 0.25) is 0 Å². The number of aromatic nitrogens is 1. The maximum absolute atomic E-state index is 12.3. The van der Waals surface area contributed by atoms with Gasteiger partial charge in [0, 0.05) is 10.9 Å². The van der Waals surface area contributed by atoms with E-state index >= 15 is 0 Å². The summed E-state index contributed by atoms with van der Waals surface area (Å²) >= 11 is 0. The van der Waals surface area contributed by atoms with Crippen LogP contribution in [0, 0.1) is 6.92 Å². The summed E-state index contributed by atoms with van der Waals surface area (Å²) < 4.78 is 5.30. The van der Waals surface area contributed by atoms with Gasteiger partial charge in [0.15, 0.2) is 0 Å². The maximum Gasteiger partial charge on any atom is 0.272 e. The molecule has 4 heteroatoms. The maximum atomic E-state index is 12.3. The van der Waals surface area contributed by atoms with Gasteiger partial charge in [-0.25, -0.2) is 0 Å². The van der Waals surface area contributed by atoms with Gasteiger partial charge in [-0.1, -0.05) is 24.3 Å². The summed E-state index contributed by atoms with van der Waals surface area (Å²) in [6.45, 7) is 1.98. The standard InChI is InChI=1S/C17H16N2O2/c1-11-7-8-14(16(9-11)21-2)19-17(20)15-10-12-5-3-4-6-13(12)18-15/h3-10,18H,1-2H3,(H,19,20).